The molecule has 116 valence electrons. The Morgan fingerprint density at radius 2 is 1.81 bits per heavy atom. The highest BCUT2D eigenvalue weighted by Gasteiger charge is 2.29. The minimum absolute atomic E-state index is 0.230. The zero-order valence-corrected chi connectivity index (χ0v) is 13.9. The first kappa shape index (κ1) is 15.1. The first-order chi connectivity index (χ1) is 10.1. The fourth-order valence-electron chi connectivity index (χ4n) is 2.44. The van der Waals surface area contributed by atoms with Crippen molar-refractivity contribution in [1.82, 2.24) is 9.62 Å². The molecule has 2 heterocycles. The second-order valence-corrected chi connectivity index (χ2v) is 7.69. The number of sulfonamides is 1. The summed E-state index contributed by atoms with van der Waals surface area (Å²) in [7, 11) is -3.54. The number of rotatable bonds is 2. The van der Waals surface area contributed by atoms with E-state index in [-0.39, 0.29) is 4.90 Å². The highest BCUT2D eigenvalue weighted by atomic mass is 79.9. The highest BCUT2D eigenvalue weighted by Crippen LogP contribution is 2.38. The normalized spacial score (nSPS) is 20.0. The van der Waals surface area contributed by atoms with E-state index in [1.165, 1.54) is 4.31 Å². The van der Waals surface area contributed by atoms with Gasteiger partial charge in [0.25, 0.3) is 0 Å². The number of benzene rings is 1. The number of nitrogens with zero attached hydrogens (tertiary/aromatic N) is 1. The Labute approximate surface area is 132 Å². The van der Waals surface area contributed by atoms with E-state index in [4.69, 9.17) is 9.47 Å². The standard InChI is InChI=1S/C13H17BrN2O4S/c14-10-8-11-12(20-7-6-19-11)9-13(10)21(17,18)16-4-1-2-15-3-5-16/h8-9,15H,1-7H2. The second-order valence-electron chi connectivity index (χ2n) is 4.93. The van der Waals surface area contributed by atoms with E-state index >= 15 is 0 Å². The Kier molecular flexibility index (Phi) is 4.39. The number of nitrogens with one attached hydrogen (secondary N) is 1. The summed E-state index contributed by atoms with van der Waals surface area (Å²) < 4.78 is 38.6. The third-order valence-electron chi connectivity index (χ3n) is 3.51. The monoisotopic (exact) mass is 376 g/mol. The molecule has 0 aromatic heterocycles. The molecule has 1 saturated heterocycles. The van der Waals surface area contributed by atoms with Gasteiger partial charge in [0.15, 0.2) is 11.5 Å². The van der Waals surface area contributed by atoms with Crippen molar-refractivity contribution in [3.63, 3.8) is 0 Å². The quantitative estimate of drug-likeness (QED) is 0.839. The zero-order chi connectivity index (χ0) is 14.9. The maximum atomic E-state index is 12.8. The molecule has 0 unspecified atom stereocenters. The first-order valence-corrected chi connectivity index (χ1v) is 9.12. The average molecular weight is 377 g/mol. The molecule has 0 bridgehead atoms. The SMILES string of the molecule is O=S(=O)(c1cc2c(cc1Br)OCCO2)N1CCCNCC1. The first-order valence-electron chi connectivity index (χ1n) is 6.89. The molecular formula is C13H17BrN2O4S. The number of ether oxygens (including phenoxy) is 2. The van der Waals surface area contributed by atoms with Gasteiger partial charge in [-0.25, -0.2) is 8.42 Å². The predicted molar refractivity (Wildman–Crippen MR) is 81.4 cm³/mol. The van der Waals surface area contributed by atoms with Crippen LogP contribution in [0.3, 0.4) is 0 Å². The summed E-state index contributed by atoms with van der Waals surface area (Å²) in [5.41, 5.74) is 0. The van der Waals surface area contributed by atoms with Crippen LogP contribution >= 0.6 is 15.9 Å². The van der Waals surface area contributed by atoms with Gasteiger partial charge >= 0.3 is 0 Å². The van der Waals surface area contributed by atoms with Crippen LogP contribution in [0.15, 0.2) is 21.5 Å². The van der Waals surface area contributed by atoms with Crippen LogP contribution in [0.1, 0.15) is 6.42 Å². The molecule has 1 aromatic carbocycles. The fourth-order valence-corrected chi connectivity index (χ4v) is 4.92. The van der Waals surface area contributed by atoms with E-state index < -0.39 is 10.0 Å². The van der Waals surface area contributed by atoms with Crippen LogP contribution in [0.5, 0.6) is 11.5 Å². The van der Waals surface area contributed by atoms with Crippen molar-refractivity contribution in [3.05, 3.63) is 16.6 Å². The van der Waals surface area contributed by atoms with Gasteiger partial charge in [-0.3, -0.25) is 0 Å². The molecule has 2 aliphatic heterocycles. The summed E-state index contributed by atoms with van der Waals surface area (Å²) in [5.74, 6) is 1.06. The van der Waals surface area contributed by atoms with Gasteiger partial charge in [0.2, 0.25) is 10.0 Å². The Balaban J connectivity index is 1.98. The van der Waals surface area contributed by atoms with Crippen LogP contribution in [0.4, 0.5) is 0 Å². The Morgan fingerprint density at radius 3 is 2.57 bits per heavy atom. The lowest BCUT2D eigenvalue weighted by molar-refractivity contribution is 0.171. The summed E-state index contributed by atoms with van der Waals surface area (Å²) >= 11 is 3.34. The molecule has 0 aliphatic carbocycles. The van der Waals surface area contributed by atoms with Gasteiger partial charge in [0, 0.05) is 30.2 Å². The molecule has 1 N–H and O–H groups in total. The number of halogens is 1. The number of hydrogen-bond acceptors (Lipinski definition) is 5. The highest BCUT2D eigenvalue weighted by molar-refractivity contribution is 9.10. The Morgan fingerprint density at radius 1 is 1.10 bits per heavy atom. The van der Waals surface area contributed by atoms with Crippen molar-refractivity contribution in [3.8, 4) is 11.5 Å². The Hall–Kier alpha value is -0.830. The lowest BCUT2D eigenvalue weighted by atomic mass is 10.3. The van der Waals surface area contributed by atoms with E-state index in [0.29, 0.717) is 48.8 Å². The summed E-state index contributed by atoms with van der Waals surface area (Å²) in [6.07, 6.45) is 0.807. The predicted octanol–water partition coefficient (Wildman–Crippen LogP) is 1.20. The smallest absolute Gasteiger partial charge is 0.244 e. The number of hydrogen-bond donors (Lipinski definition) is 1. The minimum atomic E-state index is -3.54. The van der Waals surface area contributed by atoms with E-state index in [9.17, 15) is 8.42 Å². The van der Waals surface area contributed by atoms with E-state index in [1.54, 1.807) is 12.1 Å². The molecule has 1 aromatic rings. The second kappa shape index (κ2) is 6.12. The fraction of sp³-hybridized carbons (Fsp3) is 0.538. The van der Waals surface area contributed by atoms with E-state index in [2.05, 4.69) is 21.2 Å². The van der Waals surface area contributed by atoms with Gasteiger partial charge < -0.3 is 14.8 Å². The van der Waals surface area contributed by atoms with Crippen molar-refractivity contribution in [2.75, 3.05) is 39.4 Å². The molecule has 0 radical (unpaired) electrons. The summed E-state index contributed by atoms with van der Waals surface area (Å²) in [6, 6.07) is 3.21. The summed E-state index contributed by atoms with van der Waals surface area (Å²) in [4.78, 5) is 0.230. The van der Waals surface area contributed by atoms with Gasteiger partial charge in [0.05, 0.1) is 0 Å². The van der Waals surface area contributed by atoms with Gasteiger partial charge in [-0.1, -0.05) is 0 Å². The lowest BCUT2D eigenvalue weighted by Crippen LogP contribution is -2.34. The van der Waals surface area contributed by atoms with Crippen LogP contribution in [-0.2, 0) is 10.0 Å². The third-order valence-corrected chi connectivity index (χ3v) is 6.37. The third kappa shape index (κ3) is 3.03. The molecule has 0 saturated carbocycles. The van der Waals surface area contributed by atoms with Gasteiger partial charge in [0.1, 0.15) is 18.1 Å². The molecule has 0 spiro atoms. The van der Waals surface area contributed by atoms with Crippen LogP contribution in [-0.4, -0.2) is 52.1 Å². The molecule has 21 heavy (non-hydrogen) atoms. The van der Waals surface area contributed by atoms with E-state index in [0.717, 1.165) is 13.0 Å². The van der Waals surface area contributed by atoms with E-state index in [1.807, 2.05) is 0 Å². The molecule has 8 heteroatoms. The van der Waals surface area contributed by atoms with Gasteiger partial charge in [-0.05, 0) is 35.0 Å². The van der Waals surface area contributed by atoms with Crippen molar-refractivity contribution < 1.29 is 17.9 Å². The zero-order valence-electron chi connectivity index (χ0n) is 11.5. The summed E-state index contributed by atoms with van der Waals surface area (Å²) in [5, 5.41) is 3.20. The molecule has 1 fully saturated rings. The summed E-state index contributed by atoms with van der Waals surface area (Å²) in [6.45, 7) is 3.42. The van der Waals surface area contributed by atoms with Crippen LogP contribution < -0.4 is 14.8 Å². The van der Waals surface area contributed by atoms with Crippen molar-refractivity contribution in [2.24, 2.45) is 0 Å². The maximum Gasteiger partial charge on any atom is 0.244 e. The van der Waals surface area contributed by atoms with Gasteiger partial charge in [-0.2, -0.15) is 4.31 Å². The Bertz CT molecular complexity index is 627. The van der Waals surface area contributed by atoms with Crippen LogP contribution in [0, 0.1) is 0 Å². The topological polar surface area (TPSA) is 67.9 Å². The molecule has 6 nitrogen and oxygen atoms in total. The van der Waals surface area contributed by atoms with Crippen molar-refractivity contribution >= 4 is 26.0 Å². The molecule has 3 rings (SSSR count). The van der Waals surface area contributed by atoms with Crippen molar-refractivity contribution in [1.29, 1.82) is 0 Å². The minimum Gasteiger partial charge on any atom is -0.486 e. The molecular weight excluding hydrogens is 360 g/mol. The largest absolute Gasteiger partial charge is 0.486 e. The molecule has 2 aliphatic rings. The maximum absolute atomic E-state index is 12.8. The molecule has 0 amide bonds. The number of fused-ring (bicyclic) bond motifs is 1. The lowest BCUT2D eigenvalue weighted by Gasteiger charge is -2.23. The van der Waals surface area contributed by atoms with Crippen LogP contribution in [0.2, 0.25) is 0 Å². The van der Waals surface area contributed by atoms with Crippen molar-refractivity contribution in [2.45, 2.75) is 11.3 Å². The molecule has 0 atom stereocenters. The average Bonchev–Trinajstić information content (AvgIpc) is 2.76. The van der Waals surface area contributed by atoms with Gasteiger partial charge in [-0.15, -0.1) is 0 Å². The van der Waals surface area contributed by atoms with Crippen LogP contribution in [0.25, 0.3) is 0 Å².